The van der Waals surface area contributed by atoms with Crippen LogP contribution >= 0.6 is 11.8 Å². The molecule has 0 aliphatic heterocycles. The van der Waals surface area contributed by atoms with Gasteiger partial charge < -0.3 is 16.4 Å². The molecule has 1 heterocycles. The van der Waals surface area contributed by atoms with Gasteiger partial charge in [0, 0.05) is 12.2 Å². The van der Waals surface area contributed by atoms with E-state index in [9.17, 15) is 4.79 Å². The first-order valence-electron chi connectivity index (χ1n) is 7.86. The van der Waals surface area contributed by atoms with E-state index in [1.807, 2.05) is 30.3 Å². The smallest absolute Gasteiger partial charge is 0.232 e. The van der Waals surface area contributed by atoms with Crippen molar-refractivity contribution in [1.29, 1.82) is 0 Å². The van der Waals surface area contributed by atoms with Crippen LogP contribution in [0.2, 0.25) is 0 Å². The summed E-state index contributed by atoms with van der Waals surface area (Å²) in [5.74, 6) is 2.76. The molecule has 0 spiro atoms. The molecule has 0 unspecified atom stereocenters. The summed E-state index contributed by atoms with van der Waals surface area (Å²) in [6, 6.07) is 9.61. The molecule has 2 aromatic rings. The van der Waals surface area contributed by atoms with Gasteiger partial charge >= 0.3 is 0 Å². The largest absolute Gasteiger partial charge is 0.368 e. The number of anilines is 3. The Bertz CT molecular complexity index is 692. The molecule has 3 rings (SSSR count). The van der Waals surface area contributed by atoms with E-state index in [-0.39, 0.29) is 11.9 Å². The van der Waals surface area contributed by atoms with Crippen molar-refractivity contribution in [3.05, 3.63) is 36.2 Å². The Balaban J connectivity index is 1.50. The maximum absolute atomic E-state index is 11.7. The van der Waals surface area contributed by atoms with Gasteiger partial charge in [-0.25, -0.2) is 0 Å². The molecule has 1 aromatic carbocycles. The number of amides is 1. The lowest BCUT2D eigenvalue weighted by molar-refractivity contribution is -0.118. The highest BCUT2D eigenvalue weighted by Crippen LogP contribution is 2.27. The summed E-state index contributed by atoms with van der Waals surface area (Å²) < 4.78 is 0. The molecule has 1 aromatic heterocycles. The van der Waals surface area contributed by atoms with Crippen molar-refractivity contribution in [1.82, 2.24) is 20.3 Å². The molecule has 8 heteroatoms. The summed E-state index contributed by atoms with van der Waals surface area (Å²) in [4.78, 5) is 24.3. The predicted octanol–water partition coefficient (Wildman–Crippen LogP) is 1.96. The zero-order valence-electron chi connectivity index (χ0n) is 13.2. The molecule has 1 saturated carbocycles. The summed E-state index contributed by atoms with van der Waals surface area (Å²) in [5.41, 5.74) is 6.62. The van der Waals surface area contributed by atoms with Gasteiger partial charge in [0.15, 0.2) is 0 Å². The highest BCUT2D eigenvalue weighted by atomic mass is 32.2. The average Bonchev–Trinajstić information content (AvgIpc) is 3.38. The molecule has 1 amide bonds. The van der Waals surface area contributed by atoms with E-state index < -0.39 is 0 Å². The third-order valence-corrected chi connectivity index (χ3v) is 4.41. The molecule has 7 nitrogen and oxygen atoms in total. The lowest BCUT2D eigenvalue weighted by atomic mass is 10.3. The Morgan fingerprint density at radius 3 is 2.75 bits per heavy atom. The molecule has 0 bridgehead atoms. The van der Waals surface area contributed by atoms with Gasteiger partial charge in [0.2, 0.25) is 17.8 Å². The number of nitrogens with zero attached hydrogens (tertiary/aromatic N) is 3. The van der Waals surface area contributed by atoms with Gasteiger partial charge in [-0.2, -0.15) is 15.0 Å². The Labute approximate surface area is 144 Å². The molecule has 0 atom stereocenters. The second-order valence-electron chi connectivity index (χ2n) is 5.66. The SMILES string of the molecule is Nc1nc(CSCC(=O)NCC2CC2)nc(Nc2ccccc2)n1. The topological polar surface area (TPSA) is 106 Å². The fourth-order valence-corrected chi connectivity index (χ4v) is 2.78. The second-order valence-corrected chi connectivity index (χ2v) is 6.65. The number of nitrogen functional groups attached to an aromatic ring is 1. The lowest BCUT2D eigenvalue weighted by Gasteiger charge is -2.07. The van der Waals surface area contributed by atoms with E-state index in [4.69, 9.17) is 5.73 Å². The number of hydrogen-bond donors (Lipinski definition) is 3. The summed E-state index contributed by atoms with van der Waals surface area (Å²) in [5, 5.41) is 6.03. The van der Waals surface area contributed by atoms with Crippen LogP contribution in [0.5, 0.6) is 0 Å². The van der Waals surface area contributed by atoms with Gasteiger partial charge in [-0.1, -0.05) is 18.2 Å². The van der Waals surface area contributed by atoms with Crippen molar-refractivity contribution in [3.8, 4) is 0 Å². The van der Waals surface area contributed by atoms with Crippen molar-refractivity contribution in [2.75, 3.05) is 23.3 Å². The minimum absolute atomic E-state index is 0.0524. The summed E-state index contributed by atoms with van der Waals surface area (Å²) in [6.07, 6.45) is 2.46. The maximum Gasteiger partial charge on any atom is 0.232 e. The number of thioether (sulfide) groups is 1. The molecule has 1 aliphatic carbocycles. The number of nitrogens with one attached hydrogen (secondary N) is 2. The normalized spacial score (nSPS) is 13.5. The van der Waals surface area contributed by atoms with Crippen LogP contribution in [0.1, 0.15) is 18.7 Å². The second kappa shape index (κ2) is 7.96. The number of aromatic nitrogens is 3. The van der Waals surface area contributed by atoms with Crippen molar-refractivity contribution < 1.29 is 4.79 Å². The quantitative estimate of drug-likeness (QED) is 0.672. The number of hydrogen-bond acceptors (Lipinski definition) is 7. The Morgan fingerprint density at radius 1 is 1.21 bits per heavy atom. The Morgan fingerprint density at radius 2 is 2.00 bits per heavy atom. The first-order chi connectivity index (χ1) is 11.7. The molecular formula is C16H20N6OS. The van der Waals surface area contributed by atoms with Crippen LogP contribution in [-0.4, -0.2) is 33.2 Å². The first-order valence-corrected chi connectivity index (χ1v) is 9.01. The third-order valence-electron chi connectivity index (χ3n) is 3.48. The van der Waals surface area contributed by atoms with E-state index in [1.165, 1.54) is 24.6 Å². The minimum atomic E-state index is 0.0524. The molecule has 0 saturated heterocycles. The molecule has 1 fully saturated rings. The van der Waals surface area contributed by atoms with Crippen molar-refractivity contribution in [2.24, 2.45) is 5.92 Å². The van der Waals surface area contributed by atoms with Gasteiger partial charge in [0.25, 0.3) is 0 Å². The number of carbonyl (C=O) groups is 1. The van der Waals surface area contributed by atoms with Crippen LogP contribution in [-0.2, 0) is 10.5 Å². The first kappa shape index (κ1) is 16.5. The van der Waals surface area contributed by atoms with Gasteiger partial charge in [0.1, 0.15) is 5.82 Å². The number of para-hydroxylation sites is 1. The average molecular weight is 344 g/mol. The fourth-order valence-electron chi connectivity index (χ4n) is 2.08. The van der Waals surface area contributed by atoms with Crippen LogP contribution in [0.25, 0.3) is 0 Å². The molecular weight excluding hydrogens is 324 g/mol. The Kier molecular flexibility index (Phi) is 5.47. The van der Waals surface area contributed by atoms with Crippen LogP contribution < -0.4 is 16.4 Å². The number of rotatable bonds is 8. The predicted molar refractivity (Wildman–Crippen MR) is 95.9 cm³/mol. The summed E-state index contributed by atoms with van der Waals surface area (Å²) in [6.45, 7) is 0.795. The molecule has 126 valence electrons. The number of nitrogens with two attached hydrogens (primary N) is 1. The third kappa shape index (κ3) is 5.38. The van der Waals surface area contributed by atoms with Crippen molar-refractivity contribution >= 4 is 35.3 Å². The standard InChI is InChI=1S/C16H20N6OS/c17-15-20-13(9-24-10-14(23)18-8-11-6-7-11)21-16(22-15)19-12-4-2-1-3-5-12/h1-5,11H,6-10H2,(H,18,23)(H3,17,19,20,21,22). The molecule has 24 heavy (non-hydrogen) atoms. The lowest BCUT2D eigenvalue weighted by Crippen LogP contribution is -2.27. The molecule has 1 aliphatic rings. The zero-order chi connectivity index (χ0) is 16.8. The van der Waals surface area contributed by atoms with Gasteiger partial charge in [-0.15, -0.1) is 11.8 Å². The summed E-state index contributed by atoms with van der Waals surface area (Å²) in [7, 11) is 0. The van der Waals surface area contributed by atoms with Crippen LogP contribution in [0, 0.1) is 5.92 Å². The maximum atomic E-state index is 11.7. The van der Waals surface area contributed by atoms with E-state index in [1.54, 1.807) is 0 Å². The van der Waals surface area contributed by atoms with Crippen LogP contribution in [0.3, 0.4) is 0 Å². The van der Waals surface area contributed by atoms with Crippen LogP contribution in [0.15, 0.2) is 30.3 Å². The Hall–Kier alpha value is -2.35. The molecule has 0 radical (unpaired) electrons. The number of benzene rings is 1. The highest BCUT2D eigenvalue weighted by Gasteiger charge is 2.21. The van der Waals surface area contributed by atoms with Crippen molar-refractivity contribution in [2.45, 2.75) is 18.6 Å². The van der Waals surface area contributed by atoms with E-state index >= 15 is 0 Å². The van der Waals surface area contributed by atoms with E-state index in [0.717, 1.165) is 12.2 Å². The number of carbonyl (C=O) groups excluding carboxylic acids is 1. The van der Waals surface area contributed by atoms with E-state index in [2.05, 4.69) is 25.6 Å². The van der Waals surface area contributed by atoms with E-state index in [0.29, 0.717) is 29.2 Å². The van der Waals surface area contributed by atoms with Gasteiger partial charge in [-0.3, -0.25) is 4.79 Å². The summed E-state index contributed by atoms with van der Waals surface area (Å²) >= 11 is 1.46. The van der Waals surface area contributed by atoms with Gasteiger partial charge in [0.05, 0.1) is 11.5 Å². The monoisotopic (exact) mass is 344 g/mol. The van der Waals surface area contributed by atoms with Crippen LogP contribution in [0.4, 0.5) is 17.6 Å². The minimum Gasteiger partial charge on any atom is -0.368 e. The molecule has 4 N–H and O–H groups in total. The zero-order valence-corrected chi connectivity index (χ0v) is 14.1. The van der Waals surface area contributed by atoms with Gasteiger partial charge in [-0.05, 0) is 30.9 Å². The fraction of sp³-hybridized carbons (Fsp3) is 0.375. The highest BCUT2D eigenvalue weighted by molar-refractivity contribution is 7.99. The van der Waals surface area contributed by atoms with Crippen molar-refractivity contribution in [3.63, 3.8) is 0 Å².